The Balaban J connectivity index is 1.27. The molecule has 9 rings (SSSR count). The van der Waals surface area contributed by atoms with E-state index in [1.165, 1.54) is 42.1 Å². The van der Waals surface area contributed by atoms with E-state index < -0.39 is 111 Å². The topological polar surface area (TPSA) is 146 Å². The smallest absolute Gasteiger partial charge is 0.293 e. The number of nitrogens with zero attached hydrogens (tertiary/aromatic N) is 6. The van der Waals surface area contributed by atoms with E-state index in [0.29, 0.717) is 22.9 Å². The van der Waals surface area contributed by atoms with Gasteiger partial charge in [-0.3, -0.25) is 28.2 Å². The summed E-state index contributed by atoms with van der Waals surface area (Å²) in [4.78, 5) is 33.8. The summed E-state index contributed by atoms with van der Waals surface area (Å²) in [6.07, 6.45) is -3.05. The highest BCUT2D eigenvalue weighted by atomic mass is 35.5. The lowest BCUT2D eigenvalue weighted by Crippen LogP contribution is -2.38. The van der Waals surface area contributed by atoms with Crippen LogP contribution in [0, 0.1) is 35.0 Å². The van der Waals surface area contributed by atoms with Gasteiger partial charge in [0.1, 0.15) is 35.4 Å². The minimum Gasteiger partial charge on any atom is -0.344 e. The number of aryl methyl sites for hydroxylation is 1. The van der Waals surface area contributed by atoms with E-state index >= 15 is 8.78 Å². The van der Waals surface area contributed by atoms with Crippen LogP contribution in [-0.4, -0.2) is 49.7 Å². The number of sulfonamides is 1. The largest absolute Gasteiger partial charge is 0.344 e. The second kappa shape index (κ2) is 15.1. The van der Waals surface area contributed by atoms with E-state index in [1.807, 2.05) is 0 Å². The summed E-state index contributed by atoms with van der Waals surface area (Å²) in [5.74, 6) is -14.5. The molecule has 3 heterocycles. The standard InChI is InChI=1S/C41H28ClF9N8O4S/c1-57-35-29(6-5-24(42)32(35)38(55-57)56-64(2,62)63)59-39(53-27-12-17(3-4-21(27)40(59)61)18-10-25(45)33(47)26(46)11-18)28(9-16-7-19(43)13-20(44)8-16)52-30(60)15-58-36-31(34(54-58)37(48)49)22-14-23(22)41(36,50)51/h3-8,10-13,22-23,28,37H,9,14-15H2,1-2H3,(H,52,60)(H,55,56)/t22-,23+,28-/m0/s1. The second-order valence-electron chi connectivity index (χ2n) is 15.5. The van der Waals surface area contributed by atoms with Crippen molar-refractivity contribution in [3.05, 3.63) is 133 Å². The van der Waals surface area contributed by atoms with Gasteiger partial charge in [0, 0.05) is 31.0 Å². The quantitative estimate of drug-likeness (QED) is 0.0985. The lowest BCUT2D eigenvalue weighted by Gasteiger charge is -2.24. The van der Waals surface area contributed by atoms with Gasteiger partial charge < -0.3 is 5.32 Å². The zero-order valence-electron chi connectivity index (χ0n) is 32.7. The molecule has 0 radical (unpaired) electrons. The Morgan fingerprint density at radius 2 is 1.64 bits per heavy atom. The summed E-state index contributed by atoms with van der Waals surface area (Å²) in [6, 6.07) is 8.38. The van der Waals surface area contributed by atoms with Crippen molar-refractivity contribution in [3.8, 4) is 16.8 Å². The van der Waals surface area contributed by atoms with Gasteiger partial charge in [-0.05, 0) is 77.6 Å². The highest BCUT2D eigenvalue weighted by Gasteiger charge is 2.67. The van der Waals surface area contributed by atoms with Gasteiger partial charge in [0.2, 0.25) is 15.9 Å². The number of carbonyl (C=O) groups is 1. The molecular formula is C41H28ClF9N8O4S. The van der Waals surface area contributed by atoms with Crippen molar-refractivity contribution in [2.24, 2.45) is 13.0 Å². The van der Waals surface area contributed by atoms with Gasteiger partial charge in [-0.1, -0.05) is 17.7 Å². The fourth-order valence-electron chi connectivity index (χ4n) is 8.48. The Kier molecular flexibility index (Phi) is 10.1. The molecule has 0 saturated heterocycles. The van der Waals surface area contributed by atoms with Crippen molar-refractivity contribution in [1.29, 1.82) is 0 Å². The SMILES string of the molecule is Cn1nc(NS(C)(=O)=O)c2c(Cl)ccc(-n3c([C@H](Cc4cc(F)cc(F)c4)NC(=O)Cn4nc(C(F)F)c5c4C(F)(F)[C@@H]4C[C@H]54)nc4cc(-c5cc(F)c(F)c(F)c5)ccc4c3=O)c21. The van der Waals surface area contributed by atoms with E-state index in [0.717, 1.165) is 23.0 Å². The van der Waals surface area contributed by atoms with Gasteiger partial charge in [0.15, 0.2) is 23.3 Å². The fourth-order valence-corrected chi connectivity index (χ4v) is 9.22. The van der Waals surface area contributed by atoms with Crippen molar-refractivity contribution in [1.82, 2.24) is 34.4 Å². The first-order valence-corrected chi connectivity index (χ1v) is 21.2. The Labute approximate surface area is 359 Å². The van der Waals surface area contributed by atoms with E-state index in [-0.39, 0.29) is 67.0 Å². The Bertz CT molecular complexity index is 3280. The van der Waals surface area contributed by atoms with Crippen LogP contribution in [0.5, 0.6) is 0 Å². The van der Waals surface area contributed by atoms with Crippen molar-refractivity contribution < 1.29 is 52.7 Å². The molecule has 332 valence electrons. The number of hydrogen-bond acceptors (Lipinski definition) is 7. The van der Waals surface area contributed by atoms with Gasteiger partial charge in [-0.25, -0.2) is 44.1 Å². The van der Waals surface area contributed by atoms with Crippen LogP contribution in [0.3, 0.4) is 0 Å². The Morgan fingerprint density at radius 1 is 0.953 bits per heavy atom. The molecule has 0 aliphatic heterocycles. The molecule has 12 nitrogen and oxygen atoms in total. The van der Waals surface area contributed by atoms with Crippen molar-refractivity contribution >= 4 is 55.2 Å². The van der Waals surface area contributed by atoms with Crippen LogP contribution in [0.4, 0.5) is 45.3 Å². The summed E-state index contributed by atoms with van der Waals surface area (Å²) in [7, 11) is -2.60. The summed E-state index contributed by atoms with van der Waals surface area (Å²) in [5, 5.41) is 10.2. The van der Waals surface area contributed by atoms with Gasteiger partial charge >= 0.3 is 0 Å². The molecule has 3 atom stereocenters. The van der Waals surface area contributed by atoms with E-state index in [1.54, 1.807) is 0 Å². The van der Waals surface area contributed by atoms with E-state index in [2.05, 4.69) is 20.2 Å². The molecule has 1 fully saturated rings. The molecule has 1 saturated carbocycles. The average Bonchev–Trinajstić information content (AvgIpc) is 3.74. The number of carbonyl (C=O) groups excluding carboxylic acids is 1. The highest BCUT2D eigenvalue weighted by Crippen LogP contribution is 2.68. The first-order valence-electron chi connectivity index (χ1n) is 19.0. The number of anilines is 1. The number of amides is 1. The van der Waals surface area contributed by atoms with Gasteiger partial charge in [0.05, 0.1) is 44.8 Å². The fraction of sp³-hybridized carbons (Fsp3) is 0.244. The lowest BCUT2D eigenvalue weighted by atomic mass is 10.0. The zero-order chi connectivity index (χ0) is 45.9. The maximum atomic E-state index is 15.5. The van der Waals surface area contributed by atoms with Crippen LogP contribution < -0.4 is 15.6 Å². The molecule has 2 aliphatic carbocycles. The molecule has 2 aliphatic rings. The molecular weight excluding hydrogens is 907 g/mol. The van der Waals surface area contributed by atoms with Gasteiger partial charge in [-0.15, -0.1) is 0 Å². The van der Waals surface area contributed by atoms with Crippen LogP contribution >= 0.6 is 11.6 Å². The lowest BCUT2D eigenvalue weighted by molar-refractivity contribution is -0.123. The van der Waals surface area contributed by atoms with Crippen LogP contribution in [0.1, 0.15) is 53.1 Å². The Hall–Kier alpha value is -6.42. The van der Waals surface area contributed by atoms with Gasteiger partial charge in [0.25, 0.3) is 17.9 Å². The van der Waals surface area contributed by atoms with E-state index in [9.17, 15) is 48.7 Å². The minimum absolute atomic E-state index is 0.00587. The molecule has 0 bridgehead atoms. The Morgan fingerprint density at radius 3 is 2.30 bits per heavy atom. The molecule has 4 aromatic carbocycles. The van der Waals surface area contributed by atoms with E-state index in [4.69, 9.17) is 16.6 Å². The molecule has 23 heteroatoms. The third kappa shape index (κ3) is 7.30. The number of halogens is 10. The third-order valence-electron chi connectivity index (χ3n) is 11.1. The van der Waals surface area contributed by atoms with Crippen molar-refractivity contribution in [2.45, 2.75) is 43.7 Å². The minimum atomic E-state index is -3.98. The van der Waals surface area contributed by atoms with Crippen LogP contribution in [-0.2, 0) is 40.8 Å². The number of hydrogen-bond donors (Lipinski definition) is 2. The molecule has 1 amide bonds. The molecule has 0 spiro atoms. The number of benzene rings is 4. The number of nitrogens with one attached hydrogen (secondary N) is 2. The number of rotatable bonds is 11. The molecule has 64 heavy (non-hydrogen) atoms. The maximum Gasteiger partial charge on any atom is 0.293 e. The van der Waals surface area contributed by atoms with Gasteiger partial charge in [-0.2, -0.15) is 19.0 Å². The normalized spacial score (nSPS) is 17.0. The summed E-state index contributed by atoms with van der Waals surface area (Å²) >= 11 is 6.58. The second-order valence-corrected chi connectivity index (χ2v) is 17.7. The first-order chi connectivity index (χ1) is 30.1. The monoisotopic (exact) mass is 934 g/mol. The molecule has 7 aromatic rings. The number of aromatic nitrogens is 6. The number of fused-ring (bicyclic) bond motifs is 5. The summed E-state index contributed by atoms with van der Waals surface area (Å²) in [6.45, 7) is -1.07. The highest BCUT2D eigenvalue weighted by molar-refractivity contribution is 7.92. The number of alkyl halides is 4. The molecule has 2 N–H and O–H groups in total. The third-order valence-corrected chi connectivity index (χ3v) is 12.0. The van der Waals surface area contributed by atoms with Crippen LogP contribution in [0.25, 0.3) is 38.6 Å². The van der Waals surface area contributed by atoms with Crippen molar-refractivity contribution in [3.63, 3.8) is 0 Å². The first kappa shape index (κ1) is 42.9. The molecule has 0 unspecified atom stereocenters. The summed E-state index contributed by atoms with van der Waals surface area (Å²) in [5.41, 5.74) is -3.64. The maximum absolute atomic E-state index is 15.5. The molecule has 3 aromatic heterocycles. The van der Waals surface area contributed by atoms with Crippen LogP contribution in [0.15, 0.2) is 65.5 Å². The predicted octanol–water partition coefficient (Wildman–Crippen LogP) is 8.10. The predicted molar refractivity (Wildman–Crippen MR) is 213 cm³/mol. The van der Waals surface area contributed by atoms with Crippen molar-refractivity contribution in [2.75, 3.05) is 11.0 Å². The zero-order valence-corrected chi connectivity index (χ0v) is 34.3. The summed E-state index contributed by atoms with van der Waals surface area (Å²) < 4.78 is 161. The van der Waals surface area contributed by atoms with Crippen LogP contribution in [0.2, 0.25) is 5.02 Å². The average molecular weight is 935 g/mol.